The lowest BCUT2D eigenvalue weighted by molar-refractivity contribution is -0.274. The number of hydrogen-bond acceptors (Lipinski definition) is 4. The van der Waals surface area contributed by atoms with Crippen LogP contribution in [0.2, 0.25) is 0 Å². The minimum absolute atomic E-state index is 0.0910. The van der Waals surface area contributed by atoms with Crippen molar-refractivity contribution in [2.24, 2.45) is 0 Å². The summed E-state index contributed by atoms with van der Waals surface area (Å²) in [6, 6.07) is 3.52. The van der Waals surface area contributed by atoms with E-state index in [2.05, 4.69) is 20.7 Å². The molecule has 0 amide bonds. The monoisotopic (exact) mass is 352 g/mol. The van der Waals surface area contributed by atoms with Crippen LogP contribution in [0.5, 0.6) is 5.75 Å². The molecule has 0 radical (unpaired) electrons. The van der Waals surface area contributed by atoms with Gasteiger partial charge in [0.25, 0.3) is 0 Å². The van der Waals surface area contributed by atoms with Gasteiger partial charge in [0, 0.05) is 5.39 Å². The van der Waals surface area contributed by atoms with Gasteiger partial charge in [-0.2, -0.15) is 0 Å². The third kappa shape index (κ3) is 3.24. The Bertz CT molecular complexity index is 648. The molecule has 20 heavy (non-hydrogen) atoms. The molecular weight excluding hydrogens is 345 g/mol. The normalized spacial score (nSPS) is 11.7. The molecule has 4 nitrogen and oxygen atoms in total. The van der Waals surface area contributed by atoms with E-state index in [-0.39, 0.29) is 22.4 Å². The van der Waals surface area contributed by atoms with E-state index >= 15 is 0 Å². The van der Waals surface area contributed by atoms with E-state index in [1.165, 1.54) is 6.07 Å². The smallest absolute Gasteiger partial charge is 0.460 e. The van der Waals surface area contributed by atoms with Gasteiger partial charge in [-0.3, -0.25) is 0 Å². The Morgan fingerprint density at radius 1 is 1.35 bits per heavy atom. The van der Waals surface area contributed by atoms with Gasteiger partial charge in [-0.1, -0.05) is 0 Å². The summed E-state index contributed by atoms with van der Waals surface area (Å²) >= 11 is 3.06. The highest BCUT2D eigenvalue weighted by Crippen LogP contribution is 2.34. The van der Waals surface area contributed by atoms with Gasteiger partial charge < -0.3 is 13.9 Å². The van der Waals surface area contributed by atoms with Crippen molar-refractivity contribution in [3.63, 3.8) is 0 Å². The number of hydrogen-bond donors (Lipinski definition) is 0. The van der Waals surface area contributed by atoms with Crippen LogP contribution in [0.3, 0.4) is 0 Å². The highest BCUT2D eigenvalue weighted by atomic mass is 79.9. The van der Waals surface area contributed by atoms with Gasteiger partial charge in [-0.15, -0.1) is 13.2 Å². The molecular formula is C12H8BrF3O4. The SMILES string of the molecule is CCOC(=O)c1cc2cc(OC(F)(F)F)cc(Br)c2o1. The molecule has 2 rings (SSSR count). The Hall–Kier alpha value is -1.70. The lowest BCUT2D eigenvalue weighted by Crippen LogP contribution is -2.17. The molecule has 0 aliphatic carbocycles. The summed E-state index contributed by atoms with van der Waals surface area (Å²) in [5.41, 5.74) is 0.238. The topological polar surface area (TPSA) is 48.7 Å². The molecule has 0 saturated carbocycles. The molecule has 108 valence electrons. The van der Waals surface area contributed by atoms with E-state index in [4.69, 9.17) is 9.15 Å². The largest absolute Gasteiger partial charge is 0.573 e. The molecule has 1 aromatic heterocycles. The maximum atomic E-state index is 12.2. The van der Waals surface area contributed by atoms with Crippen LogP contribution in [0.1, 0.15) is 17.5 Å². The fourth-order valence-corrected chi connectivity index (χ4v) is 2.12. The molecule has 1 aromatic carbocycles. The number of carbonyl (C=O) groups is 1. The fraction of sp³-hybridized carbons (Fsp3) is 0.250. The molecule has 0 saturated heterocycles. The van der Waals surface area contributed by atoms with Gasteiger partial charge in [0.1, 0.15) is 11.3 Å². The van der Waals surface area contributed by atoms with Crippen LogP contribution in [0.15, 0.2) is 27.1 Å². The summed E-state index contributed by atoms with van der Waals surface area (Å²) < 4.78 is 50.6. The van der Waals surface area contributed by atoms with Crippen LogP contribution in [-0.4, -0.2) is 18.9 Å². The molecule has 0 aliphatic rings. The van der Waals surface area contributed by atoms with Crippen LogP contribution < -0.4 is 4.74 Å². The van der Waals surface area contributed by atoms with Gasteiger partial charge >= 0.3 is 12.3 Å². The highest BCUT2D eigenvalue weighted by molar-refractivity contribution is 9.10. The molecule has 1 heterocycles. The van der Waals surface area contributed by atoms with Crippen LogP contribution in [0.25, 0.3) is 11.0 Å². The summed E-state index contributed by atoms with van der Waals surface area (Å²) in [6.45, 7) is 1.80. The highest BCUT2D eigenvalue weighted by Gasteiger charge is 2.31. The van der Waals surface area contributed by atoms with Crippen molar-refractivity contribution in [2.45, 2.75) is 13.3 Å². The van der Waals surface area contributed by atoms with Crippen LogP contribution in [0.4, 0.5) is 13.2 Å². The summed E-state index contributed by atoms with van der Waals surface area (Å²) in [5, 5.41) is 0.293. The van der Waals surface area contributed by atoms with E-state index in [9.17, 15) is 18.0 Å². The average Bonchev–Trinajstić information content (AvgIpc) is 2.71. The fourth-order valence-electron chi connectivity index (χ4n) is 1.58. The van der Waals surface area contributed by atoms with Gasteiger partial charge in [0.05, 0.1) is 11.1 Å². The van der Waals surface area contributed by atoms with Crippen molar-refractivity contribution in [3.8, 4) is 5.75 Å². The molecule has 0 spiro atoms. The van der Waals surface area contributed by atoms with Crippen molar-refractivity contribution in [2.75, 3.05) is 6.61 Å². The summed E-state index contributed by atoms with van der Waals surface area (Å²) in [6.07, 6.45) is -4.79. The predicted molar refractivity (Wildman–Crippen MR) is 66.6 cm³/mol. The van der Waals surface area contributed by atoms with Gasteiger partial charge in [0.15, 0.2) is 0 Å². The number of ether oxygens (including phenoxy) is 2. The van der Waals surface area contributed by atoms with Crippen molar-refractivity contribution in [3.05, 3.63) is 28.4 Å². The van der Waals surface area contributed by atoms with E-state index in [0.29, 0.717) is 5.39 Å². The van der Waals surface area contributed by atoms with Crippen LogP contribution in [0, 0.1) is 0 Å². The number of rotatable bonds is 3. The number of alkyl halides is 3. The van der Waals surface area contributed by atoms with E-state index < -0.39 is 18.1 Å². The Kier molecular flexibility index (Phi) is 3.94. The van der Waals surface area contributed by atoms with Crippen molar-refractivity contribution >= 4 is 32.9 Å². The molecule has 8 heteroatoms. The van der Waals surface area contributed by atoms with E-state index in [0.717, 1.165) is 12.1 Å². The average molecular weight is 353 g/mol. The first-order valence-electron chi connectivity index (χ1n) is 5.46. The maximum absolute atomic E-state index is 12.2. The molecule has 0 bridgehead atoms. The zero-order valence-electron chi connectivity index (χ0n) is 10.1. The van der Waals surface area contributed by atoms with Crippen molar-refractivity contribution < 1.29 is 31.9 Å². The molecule has 0 atom stereocenters. The maximum Gasteiger partial charge on any atom is 0.573 e. The predicted octanol–water partition coefficient (Wildman–Crippen LogP) is 4.27. The first kappa shape index (κ1) is 14.7. The minimum atomic E-state index is -4.79. The van der Waals surface area contributed by atoms with Crippen LogP contribution in [-0.2, 0) is 4.74 Å². The number of carbonyl (C=O) groups excluding carboxylic acids is 1. The summed E-state index contributed by atoms with van der Waals surface area (Å²) in [5.74, 6) is -1.19. The van der Waals surface area contributed by atoms with E-state index in [1.807, 2.05) is 0 Å². The van der Waals surface area contributed by atoms with Gasteiger partial charge in [0.2, 0.25) is 5.76 Å². The number of fused-ring (bicyclic) bond motifs is 1. The lowest BCUT2D eigenvalue weighted by Gasteiger charge is -2.08. The second-order valence-electron chi connectivity index (χ2n) is 3.70. The molecule has 2 aromatic rings. The molecule has 0 N–H and O–H groups in total. The quantitative estimate of drug-likeness (QED) is 0.774. The Labute approximate surface area is 119 Å². The molecule has 0 unspecified atom stereocenters. The number of halogens is 4. The van der Waals surface area contributed by atoms with E-state index in [1.54, 1.807) is 6.92 Å². The zero-order valence-corrected chi connectivity index (χ0v) is 11.7. The lowest BCUT2D eigenvalue weighted by atomic mass is 10.2. The first-order valence-corrected chi connectivity index (χ1v) is 6.25. The third-order valence-electron chi connectivity index (χ3n) is 2.25. The van der Waals surface area contributed by atoms with Crippen molar-refractivity contribution in [1.82, 2.24) is 0 Å². The Morgan fingerprint density at radius 3 is 2.65 bits per heavy atom. The number of furan rings is 1. The third-order valence-corrected chi connectivity index (χ3v) is 2.84. The van der Waals surface area contributed by atoms with Crippen molar-refractivity contribution in [1.29, 1.82) is 0 Å². The van der Waals surface area contributed by atoms with Gasteiger partial charge in [-0.05, 0) is 41.1 Å². The van der Waals surface area contributed by atoms with Crippen LogP contribution >= 0.6 is 15.9 Å². The summed E-state index contributed by atoms with van der Waals surface area (Å²) in [4.78, 5) is 11.5. The van der Waals surface area contributed by atoms with Gasteiger partial charge in [-0.25, -0.2) is 4.79 Å². The molecule has 0 fully saturated rings. The molecule has 0 aliphatic heterocycles. The first-order chi connectivity index (χ1) is 9.30. The summed E-state index contributed by atoms with van der Waals surface area (Å²) in [7, 11) is 0. The zero-order chi connectivity index (χ0) is 14.9. The minimum Gasteiger partial charge on any atom is -0.460 e. The number of esters is 1. The Balaban J connectivity index is 2.42. The second kappa shape index (κ2) is 5.35. The Morgan fingerprint density at radius 2 is 2.05 bits per heavy atom. The number of benzene rings is 1. The standard InChI is InChI=1S/C12H8BrF3O4/c1-2-18-11(17)9-4-6-3-7(20-12(14,15)16)5-8(13)10(6)19-9/h3-5H,2H2,1H3. The second-order valence-corrected chi connectivity index (χ2v) is 4.56.